The van der Waals surface area contributed by atoms with Gasteiger partial charge >= 0.3 is 5.97 Å². The highest BCUT2D eigenvalue weighted by molar-refractivity contribution is 5.74. The standard InChI is InChI=1S/C12H14O2/c1-4-10-5-7-11(8-6-10)14-12(13)9(2)3/h4-9H,1H2,2-3H3. The summed E-state index contributed by atoms with van der Waals surface area (Å²) in [4.78, 5) is 11.2. The molecule has 0 spiro atoms. The molecule has 14 heavy (non-hydrogen) atoms. The van der Waals surface area contributed by atoms with E-state index in [2.05, 4.69) is 6.58 Å². The monoisotopic (exact) mass is 190 g/mol. The van der Waals surface area contributed by atoms with Crippen LogP contribution in [0, 0.1) is 5.92 Å². The first-order valence-corrected chi connectivity index (χ1v) is 4.57. The van der Waals surface area contributed by atoms with Crippen molar-refractivity contribution in [3.63, 3.8) is 0 Å². The van der Waals surface area contributed by atoms with Crippen molar-refractivity contribution in [1.29, 1.82) is 0 Å². The second kappa shape index (κ2) is 4.61. The van der Waals surface area contributed by atoms with Gasteiger partial charge in [0.05, 0.1) is 5.92 Å². The zero-order valence-electron chi connectivity index (χ0n) is 8.49. The molecule has 0 aromatic heterocycles. The van der Waals surface area contributed by atoms with Crippen LogP contribution in [0.15, 0.2) is 30.8 Å². The van der Waals surface area contributed by atoms with Crippen molar-refractivity contribution in [1.82, 2.24) is 0 Å². The van der Waals surface area contributed by atoms with Crippen molar-refractivity contribution in [3.8, 4) is 5.75 Å². The number of hydrogen-bond acceptors (Lipinski definition) is 2. The van der Waals surface area contributed by atoms with Crippen molar-refractivity contribution in [3.05, 3.63) is 36.4 Å². The first-order valence-electron chi connectivity index (χ1n) is 4.57. The fraction of sp³-hybridized carbons (Fsp3) is 0.250. The Labute approximate surface area is 84.2 Å². The Kier molecular flexibility index (Phi) is 3.46. The van der Waals surface area contributed by atoms with Gasteiger partial charge in [-0.2, -0.15) is 0 Å². The fourth-order valence-corrected chi connectivity index (χ4v) is 0.906. The lowest BCUT2D eigenvalue weighted by Crippen LogP contribution is -2.14. The van der Waals surface area contributed by atoms with Gasteiger partial charge in [-0.25, -0.2) is 0 Å². The maximum Gasteiger partial charge on any atom is 0.313 e. The van der Waals surface area contributed by atoms with E-state index in [0.717, 1.165) is 5.56 Å². The molecule has 0 amide bonds. The van der Waals surface area contributed by atoms with Crippen LogP contribution in [0.1, 0.15) is 19.4 Å². The van der Waals surface area contributed by atoms with E-state index in [1.54, 1.807) is 32.1 Å². The van der Waals surface area contributed by atoms with E-state index >= 15 is 0 Å². The zero-order valence-corrected chi connectivity index (χ0v) is 8.49. The van der Waals surface area contributed by atoms with Crippen LogP contribution in [-0.4, -0.2) is 5.97 Å². The van der Waals surface area contributed by atoms with E-state index in [9.17, 15) is 4.79 Å². The predicted octanol–water partition coefficient (Wildman–Crippen LogP) is 2.89. The second-order valence-corrected chi connectivity index (χ2v) is 3.35. The average molecular weight is 190 g/mol. The van der Waals surface area contributed by atoms with Crippen LogP contribution in [-0.2, 0) is 4.79 Å². The van der Waals surface area contributed by atoms with Crippen LogP contribution in [0.3, 0.4) is 0 Å². The molecule has 0 aliphatic carbocycles. The molecule has 1 aromatic rings. The van der Waals surface area contributed by atoms with Gasteiger partial charge in [-0.3, -0.25) is 4.79 Å². The lowest BCUT2D eigenvalue weighted by Gasteiger charge is -2.06. The van der Waals surface area contributed by atoms with Crippen LogP contribution < -0.4 is 4.74 Å². The average Bonchev–Trinajstić information content (AvgIpc) is 2.19. The molecule has 1 aromatic carbocycles. The van der Waals surface area contributed by atoms with Crippen LogP contribution in [0.5, 0.6) is 5.75 Å². The Morgan fingerprint density at radius 3 is 2.36 bits per heavy atom. The van der Waals surface area contributed by atoms with Crippen molar-refractivity contribution in [2.45, 2.75) is 13.8 Å². The Hall–Kier alpha value is -1.57. The molecule has 0 aliphatic heterocycles. The molecule has 2 nitrogen and oxygen atoms in total. The maximum atomic E-state index is 11.2. The van der Waals surface area contributed by atoms with E-state index < -0.39 is 0 Å². The third kappa shape index (κ3) is 2.73. The third-order valence-corrected chi connectivity index (χ3v) is 1.81. The number of benzene rings is 1. The summed E-state index contributed by atoms with van der Waals surface area (Å²) in [5.74, 6) is 0.264. The van der Waals surface area contributed by atoms with Gasteiger partial charge in [-0.1, -0.05) is 38.6 Å². The lowest BCUT2D eigenvalue weighted by atomic mass is 10.2. The summed E-state index contributed by atoms with van der Waals surface area (Å²) < 4.78 is 5.10. The van der Waals surface area contributed by atoms with Gasteiger partial charge in [0.25, 0.3) is 0 Å². The van der Waals surface area contributed by atoms with Gasteiger partial charge in [0.2, 0.25) is 0 Å². The molecule has 0 N–H and O–H groups in total. The number of hydrogen-bond donors (Lipinski definition) is 0. The third-order valence-electron chi connectivity index (χ3n) is 1.81. The topological polar surface area (TPSA) is 26.3 Å². The predicted molar refractivity (Wildman–Crippen MR) is 57.0 cm³/mol. The normalized spacial score (nSPS) is 9.93. The van der Waals surface area contributed by atoms with Gasteiger partial charge in [0, 0.05) is 0 Å². The summed E-state index contributed by atoms with van der Waals surface area (Å²) >= 11 is 0. The van der Waals surface area contributed by atoms with Gasteiger partial charge < -0.3 is 4.74 Å². The number of ether oxygens (including phenoxy) is 1. The first kappa shape index (κ1) is 10.5. The Morgan fingerprint density at radius 1 is 1.36 bits per heavy atom. The van der Waals surface area contributed by atoms with E-state index in [4.69, 9.17) is 4.74 Å². The number of esters is 1. The number of carbonyl (C=O) groups is 1. The van der Waals surface area contributed by atoms with Crippen molar-refractivity contribution in [2.24, 2.45) is 5.92 Å². The quantitative estimate of drug-likeness (QED) is 0.541. The van der Waals surface area contributed by atoms with Gasteiger partial charge in [-0.15, -0.1) is 0 Å². The molecule has 0 aliphatic rings. The highest BCUT2D eigenvalue weighted by atomic mass is 16.5. The van der Waals surface area contributed by atoms with E-state index in [1.807, 2.05) is 12.1 Å². The van der Waals surface area contributed by atoms with Gasteiger partial charge in [0.15, 0.2) is 0 Å². The fourth-order valence-electron chi connectivity index (χ4n) is 0.906. The molecular weight excluding hydrogens is 176 g/mol. The molecule has 1 rings (SSSR count). The molecule has 2 heteroatoms. The summed E-state index contributed by atoms with van der Waals surface area (Å²) in [6.07, 6.45) is 1.74. The molecule has 0 atom stereocenters. The van der Waals surface area contributed by atoms with Crippen molar-refractivity contribution < 1.29 is 9.53 Å². The molecule has 0 saturated heterocycles. The molecule has 0 saturated carbocycles. The summed E-state index contributed by atoms with van der Waals surface area (Å²) in [5, 5.41) is 0. The first-order chi connectivity index (χ1) is 6.63. The van der Waals surface area contributed by atoms with E-state index in [1.165, 1.54) is 0 Å². The minimum absolute atomic E-state index is 0.103. The van der Waals surface area contributed by atoms with Crippen molar-refractivity contribution in [2.75, 3.05) is 0 Å². The Balaban J connectivity index is 2.69. The number of carbonyl (C=O) groups excluding carboxylic acids is 1. The molecule has 0 radical (unpaired) electrons. The zero-order chi connectivity index (χ0) is 10.6. The van der Waals surface area contributed by atoms with E-state index in [0.29, 0.717) is 5.75 Å². The van der Waals surface area contributed by atoms with E-state index in [-0.39, 0.29) is 11.9 Å². The van der Waals surface area contributed by atoms with Crippen molar-refractivity contribution >= 4 is 12.0 Å². The summed E-state index contributed by atoms with van der Waals surface area (Å²) in [5.41, 5.74) is 1.01. The number of rotatable bonds is 3. The van der Waals surface area contributed by atoms with Crippen LogP contribution in [0.25, 0.3) is 6.08 Å². The van der Waals surface area contributed by atoms with Gasteiger partial charge in [0.1, 0.15) is 5.75 Å². The minimum Gasteiger partial charge on any atom is -0.426 e. The summed E-state index contributed by atoms with van der Waals surface area (Å²) in [6, 6.07) is 7.24. The van der Waals surface area contributed by atoms with Gasteiger partial charge in [-0.05, 0) is 17.7 Å². The molecule has 0 fully saturated rings. The van der Waals surface area contributed by atoms with Crippen LogP contribution in [0.4, 0.5) is 0 Å². The molecule has 0 heterocycles. The molecule has 74 valence electrons. The largest absolute Gasteiger partial charge is 0.426 e. The summed E-state index contributed by atoms with van der Waals surface area (Å²) in [6.45, 7) is 7.25. The highest BCUT2D eigenvalue weighted by Crippen LogP contribution is 2.14. The maximum absolute atomic E-state index is 11.2. The molecule has 0 bridgehead atoms. The molecule has 0 unspecified atom stereocenters. The minimum atomic E-state index is -0.212. The smallest absolute Gasteiger partial charge is 0.313 e. The van der Waals surface area contributed by atoms with Crippen LogP contribution >= 0.6 is 0 Å². The summed E-state index contributed by atoms with van der Waals surface area (Å²) in [7, 11) is 0. The molecular formula is C12H14O2. The Bertz CT molecular complexity index is 323. The second-order valence-electron chi connectivity index (χ2n) is 3.35. The SMILES string of the molecule is C=Cc1ccc(OC(=O)C(C)C)cc1. The lowest BCUT2D eigenvalue weighted by molar-refractivity contribution is -0.137. The van der Waals surface area contributed by atoms with Crippen LogP contribution in [0.2, 0.25) is 0 Å². The highest BCUT2D eigenvalue weighted by Gasteiger charge is 2.08. The Morgan fingerprint density at radius 2 is 1.93 bits per heavy atom.